The van der Waals surface area contributed by atoms with Gasteiger partial charge in [0.15, 0.2) is 5.78 Å². The molecule has 0 spiro atoms. The zero-order chi connectivity index (χ0) is 13.1. The smallest absolute Gasteiger partial charge is 0.169 e. The highest BCUT2D eigenvalue weighted by molar-refractivity contribution is 6.31. The second-order valence-electron chi connectivity index (χ2n) is 6.60. The Kier molecular flexibility index (Phi) is 2.45. The maximum atomic E-state index is 12.8. The van der Waals surface area contributed by atoms with Crippen molar-refractivity contribution in [2.45, 2.75) is 51.9 Å². The van der Waals surface area contributed by atoms with Crippen molar-refractivity contribution >= 4 is 17.4 Å². The Balaban J connectivity index is 2.31. The van der Waals surface area contributed by atoms with Crippen LogP contribution in [0, 0.1) is 12.3 Å². The van der Waals surface area contributed by atoms with Gasteiger partial charge in [-0.05, 0) is 61.3 Å². The summed E-state index contributed by atoms with van der Waals surface area (Å²) in [5.41, 5.74) is 3.11. The minimum absolute atomic E-state index is 0.137. The van der Waals surface area contributed by atoms with Gasteiger partial charge in [-0.15, -0.1) is 0 Å². The quantitative estimate of drug-likeness (QED) is 0.663. The minimum Gasteiger partial charge on any atom is -0.294 e. The van der Waals surface area contributed by atoms with Crippen LogP contribution in [0.2, 0.25) is 5.02 Å². The van der Waals surface area contributed by atoms with Crippen LogP contribution in [0.25, 0.3) is 0 Å². The van der Waals surface area contributed by atoms with Gasteiger partial charge in [0.25, 0.3) is 0 Å². The van der Waals surface area contributed by atoms with Crippen molar-refractivity contribution in [3.8, 4) is 0 Å². The highest BCUT2D eigenvalue weighted by atomic mass is 35.5. The number of Topliss-reactive ketones (excluding diaryl/α,β-unsaturated/α-hetero) is 1. The number of aryl methyl sites for hydroxylation is 1. The van der Waals surface area contributed by atoms with Crippen LogP contribution in [-0.2, 0) is 5.41 Å². The van der Waals surface area contributed by atoms with Gasteiger partial charge < -0.3 is 0 Å². The zero-order valence-corrected chi connectivity index (χ0v) is 12.0. The standard InChI is InChI=1S/C16H19ClO/c1-10-8-11-12(9-13(10)17)15(2)4-6-16(3,7-5-15)14(11)18/h8-9H,4-7H2,1-3H3. The molecule has 2 bridgehead atoms. The fraction of sp³-hybridized carbons (Fsp3) is 0.562. The van der Waals surface area contributed by atoms with Crippen molar-refractivity contribution in [2.24, 2.45) is 5.41 Å². The number of hydrogen-bond donors (Lipinski definition) is 0. The molecule has 3 aliphatic carbocycles. The Morgan fingerprint density at radius 1 is 1.06 bits per heavy atom. The molecule has 0 unspecified atom stereocenters. The van der Waals surface area contributed by atoms with Crippen molar-refractivity contribution in [1.82, 2.24) is 0 Å². The van der Waals surface area contributed by atoms with Crippen LogP contribution in [0.15, 0.2) is 12.1 Å². The number of rotatable bonds is 0. The molecule has 2 heteroatoms. The lowest BCUT2D eigenvalue weighted by atomic mass is 9.65. The van der Waals surface area contributed by atoms with Crippen molar-refractivity contribution in [2.75, 3.05) is 0 Å². The van der Waals surface area contributed by atoms with E-state index in [2.05, 4.69) is 13.8 Å². The van der Waals surface area contributed by atoms with Crippen molar-refractivity contribution in [3.63, 3.8) is 0 Å². The van der Waals surface area contributed by atoms with Gasteiger partial charge in [0.1, 0.15) is 0 Å². The molecule has 0 aliphatic heterocycles. The van der Waals surface area contributed by atoms with Gasteiger partial charge in [0, 0.05) is 16.0 Å². The normalized spacial score (nSPS) is 34.3. The maximum Gasteiger partial charge on any atom is 0.169 e. The van der Waals surface area contributed by atoms with E-state index in [1.807, 2.05) is 19.1 Å². The summed E-state index contributed by atoms with van der Waals surface area (Å²) in [6.07, 6.45) is 4.21. The summed E-state index contributed by atoms with van der Waals surface area (Å²) >= 11 is 6.27. The van der Waals surface area contributed by atoms with E-state index in [1.54, 1.807) is 0 Å². The molecule has 0 atom stereocenters. The van der Waals surface area contributed by atoms with Gasteiger partial charge in [0.2, 0.25) is 0 Å². The number of hydrogen-bond acceptors (Lipinski definition) is 1. The number of benzene rings is 1. The fourth-order valence-corrected chi connectivity index (χ4v) is 3.71. The van der Waals surface area contributed by atoms with E-state index in [0.29, 0.717) is 5.78 Å². The first-order valence-corrected chi connectivity index (χ1v) is 7.09. The lowest BCUT2D eigenvalue weighted by Gasteiger charge is -2.38. The van der Waals surface area contributed by atoms with Crippen molar-refractivity contribution in [3.05, 3.63) is 33.8 Å². The number of carbonyl (C=O) groups excluding carboxylic acids is 1. The summed E-state index contributed by atoms with van der Waals surface area (Å²) in [4.78, 5) is 12.8. The third kappa shape index (κ3) is 1.50. The predicted molar refractivity (Wildman–Crippen MR) is 74.4 cm³/mol. The first-order chi connectivity index (χ1) is 8.36. The Hall–Kier alpha value is -0.820. The molecule has 1 saturated carbocycles. The van der Waals surface area contributed by atoms with E-state index in [0.717, 1.165) is 41.8 Å². The van der Waals surface area contributed by atoms with Crippen LogP contribution in [0.4, 0.5) is 0 Å². The highest BCUT2D eigenvalue weighted by Crippen LogP contribution is 2.53. The van der Waals surface area contributed by atoms with E-state index in [1.165, 1.54) is 5.56 Å². The molecule has 4 rings (SSSR count). The van der Waals surface area contributed by atoms with E-state index in [-0.39, 0.29) is 10.8 Å². The summed E-state index contributed by atoms with van der Waals surface area (Å²) in [6.45, 7) is 6.40. The van der Waals surface area contributed by atoms with Crippen LogP contribution >= 0.6 is 11.6 Å². The Labute approximate surface area is 114 Å². The average Bonchev–Trinajstić information content (AvgIpc) is 2.46. The monoisotopic (exact) mass is 262 g/mol. The Bertz CT molecular complexity index is 536. The molecule has 1 fully saturated rings. The van der Waals surface area contributed by atoms with Crippen molar-refractivity contribution < 1.29 is 4.79 Å². The molecule has 0 N–H and O–H groups in total. The van der Waals surface area contributed by atoms with E-state index in [9.17, 15) is 4.79 Å². The number of carbonyl (C=O) groups is 1. The summed E-state index contributed by atoms with van der Waals surface area (Å²) in [5.74, 6) is 0.332. The van der Waals surface area contributed by atoms with Crippen LogP contribution < -0.4 is 0 Å². The second-order valence-corrected chi connectivity index (χ2v) is 7.00. The van der Waals surface area contributed by atoms with Crippen LogP contribution in [0.5, 0.6) is 0 Å². The average molecular weight is 263 g/mol. The lowest BCUT2D eigenvalue weighted by Crippen LogP contribution is -2.33. The van der Waals surface area contributed by atoms with E-state index < -0.39 is 0 Å². The number of fused-ring (bicyclic) bond motifs is 2. The van der Waals surface area contributed by atoms with Gasteiger partial charge in [-0.1, -0.05) is 25.4 Å². The van der Waals surface area contributed by atoms with Gasteiger partial charge in [-0.25, -0.2) is 0 Å². The van der Waals surface area contributed by atoms with Gasteiger partial charge >= 0.3 is 0 Å². The van der Waals surface area contributed by atoms with E-state index in [4.69, 9.17) is 11.6 Å². The summed E-state index contributed by atoms with van der Waals surface area (Å²) in [6, 6.07) is 4.05. The molecular formula is C16H19ClO. The summed E-state index contributed by atoms with van der Waals surface area (Å²) in [5, 5.41) is 0.790. The Morgan fingerprint density at radius 3 is 2.22 bits per heavy atom. The molecule has 3 aliphatic rings. The van der Waals surface area contributed by atoms with Gasteiger partial charge in [-0.2, -0.15) is 0 Å². The van der Waals surface area contributed by atoms with Crippen molar-refractivity contribution in [1.29, 1.82) is 0 Å². The zero-order valence-electron chi connectivity index (χ0n) is 11.3. The third-order valence-electron chi connectivity index (χ3n) is 5.20. The predicted octanol–water partition coefficient (Wildman–Crippen LogP) is 4.68. The topological polar surface area (TPSA) is 17.1 Å². The van der Waals surface area contributed by atoms with Gasteiger partial charge in [0.05, 0.1) is 0 Å². The van der Waals surface area contributed by atoms with Crippen LogP contribution in [0.3, 0.4) is 0 Å². The number of ketones is 1. The molecule has 0 amide bonds. The second kappa shape index (κ2) is 3.60. The van der Waals surface area contributed by atoms with Gasteiger partial charge in [-0.3, -0.25) is 4.79 Å². The Morgan fingerprint density at radius 2 is 1.61 bits per heavy atom. The first-order valence-electron chi connectivity index (χ1n) is 6.71. The molecule has 0 radical (unpaired) electrons. The molecule has 1 aromatic rings. The first kappa shape index (κ1) is 12.2. The SMILES string of the molecule is Cc1cc2c(cc1Cl)C1(C)CCC(C)(CC1)C2=O. The number of halogens is 1. The van der Waals surface area contributed by atoms with Crippen LogP contribution in [-0.4, -0.2) is 5.78 Å². The summed E-state index contributed by atoms with van der Waals surface area (Å²) in [7, 11) is 0. The van der Waals surface area contributed by atoms with E-state index >= 15 is 0 Å². The fourth-order valence-electron chi connectivity index (χ4n) is 3.54. The maximum absolute atomic E-state index is 12.8. The molecule has 1 aromatic carbocycles. The lowest BCUT2D eigenvalue weighted by molar-refractivity contribution is 0.0732. The minimum atomic E-state index is -0.148. The van der Waals surface area contributed by atoms with Crippen LogP contribution in [0.1, 0.15) is 61.0 Å². The molecular weight excluding hydrogens is 244 g/mol. The summed E-state index contributed by atoms with van der Waals surface area (Å²) < 4.78 is 0. The highest BCUT2D eigenvalue weighted by Gasteiger charge is 2.48. The molecule has 96 valence electrons. The largest absolute Gasteiger partial charge is 0.294 e. The molecule has 0 heterocycles. The third-order valence-corrected chi connectivity index (χ3v) is 5.61. The molecule has 1 nitrogen and oxygen atoms in total. The molecule has 0 saturated heterocycles. The molecule has 0 aromatic heterocycles. The molecule has 18 heavy (non-hydrogen) atoms.